The molecule has 0 aliphatic rings. The summed E-state index contributed by atoms with van der Waals surface area (Å²) in [6.07, 6.45) is 0.0344. The first-order valence-corrected chi connectivity index (χ1v) is 4.89. The summed E-state index contributed by atoms with van der Waals surface area (Å²) in [4.78, 5) is 0. The minimum atomic E-state index is -0.525. The summed E-state index contributed by atoms with van der Waals surface area (Å²) in [5.41, 5.74) is 6.21. The normalized spacial score (nSPS) is 12.5. The van der Waals surface area contributed by atoms with E-state index in [1.165, 1.54) is 0 Å². The summed E-state index contributed by atoms with van der Waals surface area (Å²) < 4.78 is 5.40. The molecule has 0 fully saturated rings. The SMILES string of the molecule is CCOc1ccccc1C(O)CCN. The molecule has 78 valence electrons. The fraction of sp³-hybridized carbons (Fsp3) is 0.455. The molecule has 1 rings (SSSR count). The molecule has 0 radical (unpaired) electrons. The molecule has 1 aromatic carbocycles. The first kappa shape index (κ1) is 11.0. The van der Waals surface area contributed by atoms with Crippen LogP contribution in [0.1, 0.15) is 25.0 Å². The fourth-order valence-corrected chi connectivity index (χ4v) is 1.36. The molecular weight excluding hydrogens is 178 g/mol. The molecule has 0 aliphatic carbocycles. The lowest BCUT2D eigenvalue weighted by atomic mass is 10.1. The zero-order chi connectivity index (χ0) is 10.4. The quantitative estimate of drug-likeness (QED) is 0.748. The molecule has 0 amide bonds. The molecule has 0 bridgehead atoms. The highest BCUT2D eigenvalue weighted by Crippen LogP contribution is 2.26. The minimum Gasteiger partial charge on any atom is -0.493 e. The molecule has 1 unspecified atom stereocenters. The maximum atomic E-state index is 9.77. The van der Waals surface area contributed by atoms with Gasteiger partial charge in [-0.1, -0.05) is 18.2 Å². The maximum absolute atomic E-state index is 9.77. The van der Waals surface area contributed by atoms with Gasteiger partial charge in [0.1, 0.15) is 5.75 Å². The van der Waals surface area contributed by atoms with Gasteiger partial charge in [0.15, 0.2) is 0 Å². The zero-order valence-corrected chi connectivity index (χ0v) is 8.44. The van der Waals surface area contributed by atoms with Gasteiger partial charge in [-0.3, -0.25) is 0 Å². The molecule has 0 aliphatic heterocycles. The van der Waals surface area contributed by atoms with Crippen LogP contribution in [0, 0.1) is 0 Å². The van der Waals surface area contributed by atoms with Crippen molar-refractivity contribution < 1.29 is 9.84 Å². The van der Waals surface area contributed by atoms with E-state index in [4.69, 9.17) is 10.5 Å². The molecule has 3 nitrogen and oxygen atoms in total. The Morgan fingerprint density at radius 1 is 1.43 bits per heavy atom. The number of rotatable bonds is 5. The highest BCUT2D eigenvalue weighted by molar-refractivity contribution is 5.35. The standard InChI is InChI=1S/C11H17NO2/c1-2-14-11-6-4-3-5-9(11)10(13)7-8-12/h3-6,10,13H,2,7-8,12H2,1H3. The Bertz CT molecular complexity index is 276. The lowest BCUT2D eigenvalue weighted by Gasteiger charge is -2.14. The van der Waals surface area contributed by atoms with Gasteiger partial charge < -0.3 is 15.6 Å². The topological polar surface area (TPSA) is 55.5 Å². The Kier molecular flexibility index (Phi) is 4.43. The van der Waals surface area contributed by atoms with Crippen LogP contribution in [0.25, 0.3) is 0 Å². The summed E-state index contributed by atoms with van der Waals surface area (Å²) in [5.74, 6) is 0.746. The Morgan fingerprint density at radius 3 is 2.79 bits per heavy atom. The van der Waals surface area contributed by atoms with Gasteiger partial charge in [-0.2, -0.15) is 0 Å². The van der Waals surface area contributed by atoms with Crippen LogP contribution in [-0.4, -0.2) is 18.3 Å². The highest BCUT2D eigenvalue weighted by atomic mass is 16.5. The Labute approximate surface area is 84.5 Å². The van der Waals surface area contributed by atoms with Crippen molar-refractivity contribution in [1.29, 1.82) is 0 Å². The van der Waals surface area contributed by atoms with Gasteiger partial charge in [-0.05, 0) is 26.0 Å². The molecule has 3 heteroatoms. The molecule has 0 heterocycles. The van der Waals surface area contributed by atoms with Gasteiger partial charge in [-0.25, -0.2) is 0 Å². The summed E-state index contributed by atoms with van der Waals surface area (Å²) in [6, 6.07) is 7.51. The molecule has 1 aromatic rings. The lowest BCUT2D eigenvalue weighted by Crippen LogP contribution is -2.08. The van der Waals surface area contributed by atoms with E-state index in [0.29, 0.717) is 19.6 Å². The first-order chi connectivity index (χ1) is 6.79. The largest absolute Gasteiger partial charge is 0.493 e. The molecule has 3 N–H and O–H groups in total. The third-order valence-corrected chi connectivity index (χ3v) is 2.02. The number of nitrogens with two attached hydrogens (primary N) is 1. The van der Waals surface area contributed by atoms with Crippen LogP contribution in [-0.2, 0) is 0 Å². The average molecular weight is 195 g/mol. The van der Waals surface area contributed by atoms with Crippen molar-refractivity contribution in [3.63, 3.8) is 0 Å². The van der Waals surface area contributed by atoms with Crippen molar-refractivity contribution in [2.75, 3.05) is 13.2 Å². The van der Waals surface area contributed by atoms with Gasteiger partial charge in [0.05, 0.1) is 12.7 Å². The Hall–Kier alpha value is -1.06. The first-order valence-electron chi connectivity index (χ1n) is 4.89. The fourth-order valence-electron chi connectivity index (χ4n) is 1.36. The predicted octanol–water partition coefficient (Wildman–Crippen LogP) is 1.47. The number of benzene rings is 1. The van der Waals surface area contributed by atoms with Crippen LogP contribution in [0.2, 0.25) is 0 Å². The molecule has 1 atom stereocenters. The molecule has 0 saturated carbocycles. The molecule has 0 spiro atoms. The number of aliphatic hydroxyl groups is 1. The summed E-state index contributed by atoms with van der Waals surface area (Å²) in [5, 5.41) is 9.77. The van der Waals surface area contributed by atoms with Crippen molar-refractivity contribution in [2.45, 2.75) is 19.4 Å². The number of aliphatic hydroxyl groups excluding tert-OH is 1. The third kappa shape index (κ3) is 2.72. The predicted molar refractivity (Wildman–Crippen MR) is 56.2 cm³/mol. The van der Waals surface area contributed by atoms with Gasteiger partial charge in [0, 0.05) is 5.56 Å². The van der Waals surface area contributed by atoms with E-state index >= 15 is 0 Å². The van der Waals surface area contributed by atoms with Gasteiger partial charge in [-0.15, -0.1) is 0 Å². The third-order valence-electron chi connectivity index (χ3n) is 2.02. The summed E-state index contributed by atoms with van der Waals surface area (Å²) in [7, 11) is 0. The van der Waals surface area contributed by atoms with E-state index in [1.807, 2.05) is 31.2 Å². The van der Waals surface area contributed by atoms with E-state index < -0.39 is 6.10 Å². The highest BCUT2D eigenvalue weighted by Gasteiger charge is 2.11. The van der Waals surface area contributed by atoms with E-state index in [1.54, 1.807) is 0 Å². The second-order valence-corrected chi connectivity index (χ2v) is 3.06. The number of hydrogen-bond donors (Lipinski definition) is 2. The minimum absolute atomic E-state index is 0.474. The van der Waals surface area contributed by atoms with Crippen molar-refractivity contribution in [1.82, 2.24) is 0 Å². The van der Waals surface area contributed by atoms with Crippen LogP contribution in [0.3, 0.4) is 0 Å². The van der Waals surface area contributed by atoms with Crippen molar-refractivity contribution in [3.8, 4) is 5.75 Å². The Morgan fingerprint density at radius 2 is 2.14 bits per heavy atom. The van der Waals surface area contributed by atoms with Crippen molar-refractivity contribution in [2.24, 2.45) is 5.73 Å². The lowest BCUT2D eigenvalue weighted by molar-refractivity contribution is 0.164. The number of hydrogen-bond acceptors (Lipinski definition) is 3. The maximum Gasteiger partial charge on any atom is 0.125 e. The monoisotopic (exact) mass is 195 g/mol. The van der Waals surface area contributed by atoms with Crippen LogP contribution >= 0.6 is 0 Å². The Balaban J connectivity index is 2.82. The average Bonchev–Trinajstić information content (AvgIpc) is 2.19. The van der Waals surface area contributed by atoms with E-state index in [9.17, 15) is 5.11 Å². The van der Waals surface area contributed by atoms with Crippen LogP contribution in [0.4, 0.5) is 0 Å². The van der Waals surface area contributed by atoms with Gasteiger partial charge in [0.2, 0.25) is 0 Å². The van der Waals surface area contributed by atoms with E-state index in [-0.39, 0.29) is 0 Å². The van der Waals surface area contributed by atoms with E-state index in [2.05, 4.69) is 0 Å². The molecule has 0 saturated heterocycles. The van der Waals surface area contributed by atoms with E-state index in [0.717, 1.165) is 11.3 Å². The molecule has 0 aromatic heterocycles. The smallest absolute Gasteiger partial charge is 0.125 e. The molecule has 14 heavy (non-hydrogen) atoms. The van der Waals surface area contributed by atoms with Gasteiger partial charge >= 0.3 is 0 Å². The van der Waals surface area contributed by atoms with Crippen LogP contribution in [0.15, 0.2) is 24.3 Å². The summed E-state index contributed by atoms with van der Waals surface area (Å²) >= 11 is 0. The van der Waals surface area contributed by atoms with Crippen LogP contribution < -0.4 is 10.5 Å². The molecular formula is C11H17NO2. The van der Waals surface area contributed by atoms with Gasteiger partial charge in [0.25, 0.3) is 0 Å². The van der Waals surface area contributed by atoms with Crippen molar-refractivity contribution >= 4 is 0 Å². The second-order valence-electron chi connectivity index (χ2n) is 3.06. The van der Waals surface area contributed by atoms with Crippen molar-refractivity contribution in [3.05, 3.63) is 29.8 Å². The number of para-hydroxylation sites is 1. The zero-order valence-electron chi connectivity index (χ0n) is 8.44. The number of ether oxygens (including phenoxy) is 1. The summed E-state index contributed by atoms with van der Waals surface area (Å²) in [6.45, 7) is 3.00. The van der Waals surface area contributed by atoms with Crippen LogP contribution in [0.5, 0.6) is 5.75 Å². The second kappa shape index (κ2) is 5.62.